The van der Waals surface area contributed by atoms with E-state index in [1.165, 1.54) is 6.20 Å². The van der Waals surface area contributed by atoms with Crippen LogP contribution in [0.25, 0.3) is 5.57 Å². The van der Waals surface area contributed by atoms with E-state index >= 15 is 0 Å². The molecule has 1 amide bonds. The summed E-state index contributed by atoms with van der Waals surface area (Å²) < 4.78 is 53.8. The van der Waals surface area contributed by atoms with E-state index in [-0.39, 0.29) is 31.1 Å². The monoisotopic (exact) mass is 500 g/mol. The number of benzene rings is 1. The number of nitrogens with one attached hydrogen (secondary N) is 1. The summed E-state index contributed by atoms with van der Waals surface area (Å²) in [5.41, 5.74) is 1.11. The number of hydrogen-bond donors (Lipinski definition) is 2. The van der Waals surface area contributed by atoms with Crippen LogP contribution < -0.4 is 14.8 Å². The number of hydrogen-bond acceptors (Lipinski definition) is 6. The molecule has 1 aromatic heterocycles. The van der Waals surface area contributed by atoms with Crippen molar-refractivity contribution in [2.24, 2.45) is 5.92 Å². The number of carbonyl (C=O) groups is 1. The molecule has 1 fully saturated rings. The maximum Gasteiger partial charge on any atom is 0.394 e. The number of aromatic nitrogens is 1. The third-order valence-corrected chi connectivity index (χ3v) is 6.10. The van der Waals surface area contributed by atoms with Crippen molar-refractivity contribution in [3.63, 3.8) is 0 Å². The van der Waals surface area contributed by atoms with Crippen LogP contribution >= 0.6 is 11.6 Å². The second-order valence-corrected chi connectivity index (χ2v) is 9.01. The summed E-state index contributed by atoms with van der Waals surface area (Å²) >= 11 is 5.94. The molecule has 2 heterocycles. The number of alkyl halides is 3. The van der Waals surface area contributed by atoms with E-state index in [0.717, 1.165) is 0 Å². The van der Waals surface area contributed by atoms with E-state index in [1.807, 2.05) is 0 Å². The van der Waals surface area contributed by atoms with E-state index in [2.05, 4.69) is 16.9 Å². The van der Waals surface area contributed by atoms with Gasteiger partial charge in [-0.15, -0.1) is 0 Å². The minimum absolute atomic E-state index is 0.0148. The summed E-state index contributed by atoms with van der Waals surface area (Å²) in [6.07, 6.45) is -4.54. The fourth-order valence-corrected chi connectivity index (χ4v) is 4.22. The molecular formula is C23H24ClF3N2O5. The number of amides is 1. The zero-order valence-corrected chi connectivity index (χ0v) is 18.9. The van der Waals surface area contributed by atoms with E-state index in [9.17, 15) is 23.1 Å². The first kappa shape index (κ1) is 24.4. The fourth-order valence-electron chi connectivity index (χ4n) is 4.04. The number of halogens is 4. The summed E-state index contributed by atoms with van der Waals surface area (Å²) in [6, 6.07) is 4.85. The predicted molar refractivity (Wildman–Crippen MR) is 116 cm³/mol. The van der Waals surface area contributed by atoms with E-state index < -0.39 is 30.7 Å². The first-order chi connectivity index (χ1) is 16.1. The normalized spacial score (nSPS) is 23.9. The maximum atomic E-state index is 12.5. The molecular weight excluding hydrogens is 477 g/mol. The van der Waals surface area contributed by atoms with Gasteiger partial charge in [0, 0.05) is 30.0 Å². The van der Waals surface area contributed by atoms with E-state index in [1.54, 1.807) is 18.2 Å². The number of fused-ring (bicyclic) bond motifs is 1. The molecule has 1 aliphatic carbocycles. The first-order valence-corrected chi connectivity index (χ1v) is 11.2. The minimum Gasteiger partial charge on any atom is -0.480 e. The molecule has 0 saturated heterocycles. The first-order valence-electron chi connectivity index (χ1n) is 10.9. The molecule has 0 unspecified atom stereocenters. The Hall–Kier alpha value is -2.72. The Morgan fingerprint density at radius 3 is 2.82 bits per heavy atom. The molecule has 0 radical (unpaired) electrons. The molecule has 11 heteroatoms. The lowest BCUT2D eigenvalue weighted by atomic mass is 9.80. The van der Waals surface area contributed by atoms with Crippen LogP contribution in [-0.4, -0.2) is 40.9 Å². The molecule has 1 aromatic carbocycles. The van der Waals surface area contributed by atoms with Crippen LogP contribution in [0.5, 0.6) is 11.8 Å². The van der Waals surface area contributed by atoms with Crippen molar-refractivity contribution in [1.29, 1.82) is 0 Å². The van der Waals surface area contributed by atoms with Gasteiger partial charge >= 0.3 is 12.3 Å². The molecule has 1 aliphatic heterocycles. The standard InChI is InChI=1S/C23H24ClF3N2O5/c1-12(20-11-29-22(34-20)32-15-6-13(7-15)10-23(25,26)27)4-5-28-21(31)19-9-17(30)16-8-14(24)2-3-18(16)33-19/h2-3,8,11,13,15,17,19,30H,1,4-7,9-10H2,(H,28,31)/t13-,15+,17-,19+/m1/s1. The van der Waals surface area contributed by atoms with Crippen molar-refractivity contribution in [2.75, 3.05) is 6.54 Å². The van der Waals surface area contributed by atoms with Gasteiger partial charge in [0.25, 0.3) is 5.91 Å². The summed E-state index contributed by atoms with van der Waals surface area (Å²) in [5.74, 6) is -0.0189. The number of aliphatic hydroxyl groups excluding tert-OH is 1. The highest BCUT2D eigenvalue weighted by atomic mass is 35.5. The lowest BCUT2D eigenvalue weighted by molar-refractivity contribution is -0.156. The third kappa shape index (κ3) is 6.04. The molecule has 0 bridgehead atoms. The largest absolute Gasteiger partial charge is 0.480 e. The van der Waals surface area contributed by atoms with Crippen molar-refractivity contribution >= 4 is 23.1 Å². The van der Waals surface area contributed by atoms with Gasteiger partial charge in [-0.3, -0.25) is 4.79 Å². The second-order valence-electron chi connectivity index (χ2n) is 8.57. The molecule has 1 saturated carbocycles. The number of oxazole rings is 1. The number of aliphatic hydroxyl groups is 1. The zero-order valence-electron chi connectivity index (χ0n) is 18.1. The molecule has 184 valence electrons. The molecule has 2 aliphatic rings. The second kappa shape index (κ2) is 9.87. The highest BCUT2D eigenvalue weighted by molar-refractivity contribution is 6.30. The van der Waals surface area contributed by atoms with Crippen LogP contribution in [0, 0.1) is 5.92 Å². The zero-order chi connectivity index (χ0) is 24.5. The Morgan fingerprint density at radius 2 is 2.09 bits per heavy atom. The van der Waals surface area contributed by atoms with Crippen molar-refractivity contribution in [2.45, 2.75) is 56.6 Å². The Morgan fingerprint density at radius 1 is 1.32 bits per heavy atom. The van der Waals surface area contributed by atoms with Crippen molar-refractivity contribution in [3.05, 3.63) is 47.3 Å². The van der Waals surface area contributed by atoms with Crippen LogP contribution in [0.3, 0.4) is 0 Å². The fraction of sp³-hybridized carbons (Fsp3) is 0.478. The van der Waals surface area contributed by atoms with Gasteiger partial charge in [-0.1, -0.05) is 18.2 Å². The van der Waals surface area contributed by atoms with Gasteiger partial charge in [-0.05, 0) is 49.0 Å². The summed E-state index contributed by atoms with van der Waals surface area (Å²) in [7, 11) is 0. The summed E-state index contributed by atoms with van der Waals surface area (Å²) in [4.78, 5) is 16.5. The van der Waals surface area contributed by atoms with E-state index in [0.29, 0.717) is 46.9 Å². The van der Waals surface area contributed by atoms with Crippen LogP contribution in [0.4, 0.5) is 13.2 Å². The van der Waals surface area contributed by atoms with Crippen LogP contribution in [-0.2, 0) is 4.79 Å². The summed E-state index contributed by atoms with van der Waals surface area (Å²) in [5, 5.41) is 13.5. The molecule has 0 spiro atoms. The van der Waals surface area contributed by atoms with Crippen LogP contribution in [0.15, 0.2) is 35.4 Å². The van der Waals surface area contributed by atoms with Crippen LogP contribution in [0.1, 0.15) is 49.5 Å². The average Bonchev–Trinajstić information content (AvgIpc) is 3.20. The lowest BCUT2D eigenvalue weighted by Gasteiger charge is -2.34. The quantitative estimate of drug-likeness (QED) is 0.538. The molecule has 7 nitrogen and oxygen atoms in total. The van der Waals surface area contributed by atoms with E-state index in [4.69, 9.17) is 25.5 Å². The average molecular weight is 501 g/mol. The molecule has 2 atom stereocenters. The van der Waals surface area contributed by atoms with Gasteiger partial charge in [0.2, 0.25) is 0 Å². The Kier molecular flexibility index (Phi) is 7.09. The SMILES string of the molecule is C=C(CCNC(=O)[C@@H]1C[C@@H](O)c2cc(Cl)ccc2O1)c1cnc(O[C@H]2C[C@@H](CC(F)(F)F)C2)o1. The molecule has 2 N–H and O–H groups in total. The van der Waals surface area contributed by atoms with Crippen molar-refractivity contribution < 1.29 is 37.0 Å². The summed E-state index contributed by atoms with van der Waals surface area (Å²) in [6.45, 7) is 4.16. The predicted octanol–water partition coefficient (Wildman–Crippen LogP) is 4.84. The van der Waals surface area contributed by atoms with Gasteiger partial charge in [-0.25, -0.2) is 0 Å². The van der Waals surface area contributed by atoms with Gasteiger partial charge in [0.15, 0.2) is 11.9 Å². The molecule has 2 aromatic rings. The Labute approximate surface area is 198 Å². The minimum atomic E-state index is -4.17. The molecule has 34 heavy (non-hydrogen) atoms. The van der Waals surface area contributed by atoms with Gasteiger partial charge in [-0.2, -0.15) is 18.2 Å². The van der Waals surface area contributed by atoms with Gasteiger partial charge in [0.05, 0.1) is 12.3 Å². The number of rotatable bonds is 8. The van der Waals surface area contributed by atoms with Gasteiger partial charge < -0.3 is 24.3 Å². The number of nitrogens with zero attached hydrogens (tertiary/aromatic N) is 1. The van der Waals surface area contributed by atoms with Gasteiger partial charge in [0.1, 0.15) is 11.9 Å². The molecule has 4 rings (SSSR count). The number of carbonyl (C=O) groups excluding carboxylic acids is 1. The number of ether oxygens (including phenoxy) is 2. The van der Waals surface area contributed by atoms with Crippen LogP contribution in [0.2, 0.25) is 5.02 Å². The maximum absolute atomic E-state index is 12.5. The van der Waals surface area contributed by atoms with Crippen molar-refractivity contribution in [3.8, 4) is 11.8 Å². The highest BCUT2D eigenvalue weighted by Gasteiger charge is 2.40. The van der Waals surface area contributed by atoms with Crippen molar-refractivity contribution in [1.82, 2.24) is 10.3 Å². The smallest absolute Gasteiger partial charge is 0.394 e. The Balaban J connectivity index is 1.19. The highest BCUT2D eigenvalue weighted by Crippen LogP contribution is 2.39. The third-order valence-electron chi connectivity index (χ3n) is 5.87. The Bertz CT molecular complexity index is 1050. The topological polar surface area (TPSA) is 93.8 Å². The lowest BCUT2D eigenvalue weighted by Crippen LogP contribution is -2.41.